The van der Waals surface area contributed by atoms with E-state index in [4.69, 9.17) is 11.6 Å². The molecule has 0 unspecified atom stereocenters. The highest BCUT2D eigenvalue weighted by atomic mass is 35.5. The Bertz CT molecular complexity index is 200. The fourth-order valence-electron chi connectivity index (χ4n) is 0.526. The van der Waals surface area contributed by atoms with Crippen LogP contribution in [0.1, 0.15) is 5.56 Å². The van der Waals surface area contributed by atoms with E-state index in [0.29, 0.717) is 10.6 Å². The standard InChI is InChI=1S/C7H5ClF/c1-5-6(8)3-2-4-7(5)9/h2-3H,1H3. The van der Waals surface area contributed by atoms with E-state index in [1.807, 2.05) is 0 Å². The zero-order valence-corrected chi connectivity index (χ0v) is 5.67. The number of hydrogen-bond donors (Lipinski definition) is 0. The van der Waals surface area contributed by atoms with Crippen LogP contribution in [-0.2, 0) is 0 Å². The monoisotopic (exact) mass is 143 g/mol. The van der Waals surface area contributed by atoms with Gasteiger partial charge < -0.3 is 0 Å². The summed E-state index contributed by atoms with van der Waals surface area (Å²) < 4.78 is 12.4. The Kier molecular flexibility index (Phi) is 1.72. The van der Waals surface area contributed by atoms with Crippen molar-refractivity contribution in [2.45, 2.75) is 6.92 Å². The molecule has 1 rings (SSSR count). The summed E-state index contributed by atoms with van der Waals surface area (Å²) >= 11 is 5.55. The van der Waals surface area contributed by atoms with Crippen LogP contribution in [0.3, 0.4) is 0 Å². The molecule has 0 nitrogen and oxygen atoms in total. The van der Waals surface area contributed by atoms with E-state index >= 15 is 0 Å². The molecule has 0 saturated carbocycles. The molecule has 0 spiro atoms. The van der Waals surface area contributed by atoms with Gasteiger partial charge in [-0.15, -0.1) is 0 Å². The Morgan fingerprint density at radius 3 is 2.78 bits per heavy atom. The molecule has 0 aliphatic rings. The lowest BCUT2D eigenvalue weighted by molar-refractivity contribution is 0.616. The number of rotatable bonds is 0. The molecule has 0 N–H and O–H groups in total. The predicted molar refractivity (Wildman–Crippen MR) is 35.0 cm³/mol. The van der Waals surface area contributed by atoms with Crippen molar-refractivity contribution >= 4 is 11.6 Å². The Labute approximate surface area is 58.3 Å². The normalized spacial score (nSPS) is 9.67. The van der Waals surface area contributed by atoms with Crippen LogP contribution < -0.4 is 0 Å². The van der Waals surface area contributed by atoms with Gasteiger partial charge in [-0.1, -0.05) is 11.6 Å². The molecule has 2 heteroatoms. The first-order chi connectivity index (χ1) is 4.22. The minimum absolute atomic E-state index is 0.373. The zero-order valence-electron chi connectivity index (χ0n) is 4.91. The Hall–Kier alpha value is -0.560. The third kappa shape index (κ3) is 1.22. The van der Waals surface area contributed by atoms with Gasteiger partial charge >= 0.3 is 0 Å². The quantitative estimate of drug-likeness (QED) is 0.524. The molecule has 0 heterocycles. The molecule has 47 valence electrons. The van der Waals surface area contributed by atoms with Gasteiger partial charge in [0.05, 0.1) is 0 Å². The molecule has 0 amide bonds. The molecule has 0 saturated heterocycles. The lowest BCUT2D eigenvalue weighted by Crippen LogP contribution is -1.80. The zero-order chi connectivity index (χ0) is 6.85. The van der Waals surface area contributed by atoms with E-state index in [1.54, 1.807) is 13.0 Å². The topological polar surface area (TPSA) is 0 Å². The third-order valence-electron chi connectivity index (χ3n) is 1.13. The number of halogens is 2. The maximum absolute atomic E-state index is 12.4. The third-order valence-corrected chi connectivity index (χ3v) is 1.54. The molecule has 0 aromatic heterocycles. The van der Waals surface area contributed by atoms with Gasteiger partial charge in [-0.25, -0.2) is 4.39 Å². The van der Waals surface area contributed by atoms with Gasteiger partial charge in [0, 0.05) is 16.7 Å². The Morgan fingerprint density at radius 2 is 2.33 bits per heavy atom. The molecule has 1 radical (unpaired) electrons. The van der Waals surface area contributed by atoms with Crippen LogP contribution in [0.5, 0.6) is 0 Å². The molecule has 1 aromatic rings. The van der Waals surface area contributed by atoms with Crippen molar-refractivity contribution in [3.05, 3.63) is 34.6 Å². The molecular weight excluding hydrogens is 139 g/mol. The van der Waals surface area contributed by atoms with E-state index in [1.165, 1.54) is 6.07 Å². The smallest absolute Gasteiger partial charge is 0.135 e. The van der Waals surface area contributed by atoms with E-state index in [9.17, 15) is 4.39 Å². The van der Waals surface area contributed by atoms with Gasteiger partial charge in [-0.3, -0.25) is 0 Å². The largest absolute Gasteiger partial charge is 0.206 e. The Balaban J connectivity index is 3.25. The van der Waals surface area contributed by atoms with E-state index in [2.05, 4.69) is 6.07 Å². The Morgan fingerprint density at radius 1 is 1.67 bits per heavy atom. The van der Waals surface area contributed by atoms with Crippen LogP contribution >= 0.6 is 11.6 Å². The first kappa shape index (κ1) is 6.56. The highest BCUT2D eigenvalue weighted by Crippen LogP contribution is 2.15. The molecule has 9 heavy (non-hydrogen) atoms. The number of hydrogen-bond acceptors (Lipinski definition) is 0. The van der Waals surface area contributed by atoms with Crippen molar-refractivity contribution < 1.29 is 4.39 Å². The summed E-state index contributed by atoms with van der Waals surface area (Å²) in [6.07, 6.45) is 0. The average molecular weight is 144 g/mol. The van der Waals surface area contributed by atoms with Crippen molar-refractivity contribution in [3.63, 3.8) is 0 Å². The van der Waals surface area contributed by atoms with Gasteiger partial charge in [-0.2, -0.15) is 0 Å². The first-order valence-corrected chi connectivity index (χ1v) is 2.92. The summed E-state index contributed by atoms with van der Waals surface area (Å²) in [6, 6.07) is 5.46. The summed E-state index contributed by atoms with van der Waals surface area (Å²) in [6.45, 7) is 1.62. The highest BCUT2D eigenvalue weighted by molar-refractivity contribution is 6.31. The van der Waals surface area contributed by atoms with Crippen molar-refractivity contribution in [2.24, 2.45) is 0 Å². The van der Waals surface area contributed by atoms with Crippen LogP contribution in [0.15, 0.2) is 12.1 Å². The van der Waals surface area contributed by atoms with Gasteiger partial charge in [0.2, 0.25) is 0 Å². The van der Waals surface area contributed by atoms with Crippen molar-refractivity contribution in [1.29, 1.82) is 0 Å². The van der Waals surface area contributed by atoms with Crippen LogP contribution in [0.2, 0.25) is 5.02 Å². The average Bonchev–Trinajstić information content (AvgIpc) is 1.83. The van der Waals surface area contributed by atoms with E-state index in [-0.39, 0.29) is 5.82 Å². The maximum Gasteiger partial charge on any atom is 0.135 e. The van der Waals surface area contributed by atoms with Gasteiger partial charge in [0.25, 0.3) is 0 Å². The molecule has 0 fully saturated rings. The van der Waals surface area contributed by atoms with Crippen molar-refractivity contribution in [1.82, 2.24) is 0 Å². The second-order valence-corrected chi connectivity index (χ2v) is 2.17. The van der Waals surface area contributed by atoms with Crippen LogP contribution in [0.25, 0.3) is 0 Å². The lowest BCUT2D eigenvalue weighted by atomic mass is 10.2. The van der Waals surface area contributed by atoms with Crippen LogP contribution in [-0.4, -0.2) is 0 Å². The molecule has 1 aromatic carbocycles. The van der Waals surface area contributed by atoms with Gasteiger partial charge in [0.1, 0.15) is 5.82 Å². The molecule has 0 atom stereocenters. The molecule has 0 aliphatic carbocycles. The molecule has 0 aliphatic heterocycles. The second kappa shape index (κ2) is 2.36. The fourth-order valence-corrected chi connectivity index (χ4v) is 0.672. The lowest BCUT2D eigenvalue weighted by Gasteiger charge is -1.94. The second-order valence-electron chi connectivity index (χ2n) is 1.76. The SMILES string of the molecule is Cc1c(F)[c]ccc1Cl. The fraction of sp³-hybridized carbons (Fsp3) is 0.143. The summed E-state index contributed by atoms with van der Waals surface area (Å²) in [5, 5.41) is 0.450. The first-order valence-electron chi connectivity index (χ1n) is 2.54. The summed E-state index contributed by atoms with van der Waals surface area (Å²) in [5.74, 6) is -0.373. The van der Waals surface area contributed by atoms with Crippen LogP contribution in [0.4, 0.5) is 4.39 Å². The summed E-state index contributed by atoms with van der Waals surface area (Å²) in [7, 11) is 0. The molecular formula is C7H5ClF. The highest BCUT2D eigenvalue weighted by Gasteiger charge is 1.98. The number of benzene rings is 1. The van der Waals surface area contributed by atoms with Crippen LogP contribution in [0, 0.1) is 18.8 Å². The van der Waals surface area contributed by atoms with E-state index < -0.39 is 0 Å². The summed E-state index contributed by atoms with van der Waals surface area (Å²) in [5.41, 5.74) is 0.458. The molecule has 0 bridgehead atoms. The maximum atomic E-state index is 12.4. The van der Waals surface area contributed by atoms with Crippen molar-refractivity contribution in [2.75, 3.05) is 0 Å². The minimum atomic E-state index is -0.373. The van der Waals surface area contributed by atoms with Crippen molar-refractivity contribution in [3.8, 4) is 0 Å². The summed E-state index contributed by atoms with van der Waals surface area (Å²) in [4.78, 5) is 0. The van der Waals surface area contributed by atoms with E-state index in [0.717, 1.165) is 0 Å². The van der Waals surface area contributed by atoms with Gasteiger partial charge in [-0.05, 0) is 19.1 Å². The predicted octanol–water partition coefficient (Wildman–Crippen LogP) is 2.59. The van der Waals surface area contributed by atoms with Gasteiger partial charge in [0.15, 0.2) is 0 Å². The minimum Gasteiger partial charge on any atom is -0.206 e.